The van der Waals surface area contributed by atoms with Crippen LogP contribution in [0.2, 0.25) is 0 Å². The van der Waals surface area contributed by atoms with Crippen LogP contribution in [0.15, 0.2) is 24.3 Å². The van der Waals surface area contributed by atoms with E-state index in [0.717, 1.165) is 6.42 Å². The molecular weight excluding hydrogens is 324 g/mol. The highest BCUT2D eigenvalue weighted by Gasteiger charge is 2.25. The standard InChI is InChI=1S/C18H28N2O3S/c1-14(13-15-5-7-16(8-6-15)18(2,3)4)19-17(21)20-9-11-24(22,23)12-10-20/h5-8,14H,9-13H2,1-4H3,(H,19,21)/t14-/m1/s1. The summed E-state index contributed by atoms with van der Waals surface area (Å²) in [7, 11) is -2.96. The van der Waals surface area contributed by atoms with Crippen molar-refractivity contribution in [2.45, 2.75) is 45.6 Å². The van der Waals surface area contributed by atoms with Crippen LogP contribution >= 0.6 is 0 Å². The molecule has 0 unspecified atom stereocenters. The topological polar surface area (TPSA) is 66.5 Å². The lowest BCUT2D eigenvalue weighted by atomic mass is 9.86. The normalized spacial score (nSPS) is 18.9. The number of nitrogens with one attached hydrogen (secondary N) is 1. The van der Waals surface area contributed by atoms with Gasteiger partial charge in [-0.1, -0.05) is 45.0 Å². The van der Waals surface area contributed by atoms with E-state index >= 15 is 0 Å². The van der Waals surface area contributed by atoms with E-state index in [-0.39, 0.29) is 42.1 Å². The molecule has 1 saturated heterocycles. The van der Waals surface area contributed by atoms with Gasteiger partial charge in [-0.25, -0.2) is 13.2 Å². The predicted molar refractivity (Wildman–Crippen MR) is 97.1 cm³/mol. The van der Waals surface area contributed by atoms with Gasteiger partial charge in [0.2, 0.25) is 0 Å². The molecule has 134 valence electrons. The molecule has 1 aromatic rings. The first-order valence-corrected chi connectivity index (χ1v) is 10.2. The van der Waals surface area contributed by atoms with E-state index in [2.05, 4.69) is 50.4 Å². The zero-order valence-electron chi connectivity index (χ0n) is 15.0. The van der Waals surface area contributed by atoms with E-state index in [1.54, 1.807) is 4.90 Å². The smallest absolute Gasteiger partial charge is 0.317 e. The number of sulfone groups is 1. The van der Waals surface area contributed by atoms with Crippen LogP contribution in [0.5, 0.6) is 0 Å². The van der Waals surface area contributed by atoms with E-state index in [1.807, 2.05) is 6.92 Å². The molecule has 0 spiro atoms. The van der Waals surface area contributed by atoms with Gasteiger partial charge in [0.05, 0.1) is 11.5 Å². The van der Waals surface area contributed by atoms with Crippen molar-refractivity contribution in [3.63, 3.8) is 0 Å². The summed E-state index contributed by atoms with van der Waals surface area (Å²) < 4.78 is 22.8. The number of carbonyl (C=O) groups is 1. The van der Waals surface area contributed by atoms with Crippen LogP contribution in [-0.4, -0.2) is 50.0 Å². The average molecular weight is 353 g/mol. The minimum absolute atomic E-state index is 0.00322. The number of nitrogens with zero attached hydrogens (tertiary/aromatic N) is 1. The summed E-state index contributed by atoms with van der Waals surface area (Å²) in [5, 5.41) is 2.96. The minimum atomic E-state index is -2.96. The molecule has 1 aromatic carbocycles. The maximum Gasteiger partial charge on any atom is 0.317 e. The highest BCUT2D eigenvalue weighted by atomic mass is 32.2. The van der Waals surface area contributed by atoms with Crippen LogP contribution in [0.3, 0.4) is 0 Å². The molecule has 24 heavy (non-hydrogen) atoms. The summed E-state index contributed by atoms with van der Waals surface area (Å²) >= 11 is 0. The molecule has 0 radical (unpaired) electrons. The van der Waals surface area contributed by atoms with Gasteiger partial charge in [-0.15, -0.1) is 0 Å². The molecule has 0 saturated carbocycles. The van der Waals surface area contributed by atoms with Crippen LogP contribution < -0.4 is 5.32 Å². The van der Waals surface area contributed by atoms with E-state index in [1.165, 1.54) is 11.1 Å². The SMILES string of the molecule is C[C@H](Cc1ccc(C(C)(C)C)cc1)NC(=O)N1CCS(=O)(=O)CC1. The van der Waals surface area contributed by atoms with Gasteiger partial charge >= 0.3 is 6.03 Å². The third-order valence-corrected chi connectivity index (χ3v) is 5.97. The summed E-state index contributed by atoms with van der Waals surface area (Å²) in [6, 6.07) is 8.31. The summed E-state index contributed by atoms with van der Waals surface area (Å²) in [5.41, 5.74) is 2.60. The van der Waals surface area contributed by atoms with Crippen LogP contribution in [0.25, 0.3) is 0 Å². The first-order valence-electron chi connectivity index (χ1n) is 8.42. The lowest BCUT2D eigenvalue weighted by Gasteiger charge is -2.28. The Morgan fingerprint density at radius 1 is 1.17 bits per heavy atom. The Morgan fingerprint density at radius 3 is 2.21 bits per heavy atom. The first kappa shape index (κ1) is 18.8. The highest BCUT2D eigenvalue weighted by molar-refractivity contribution is 7.91. The Kier molecular flexibility index (Phi) is 5.58. The van der Waals surface area contributed by atoms with E-state index in [0.29, 0.717) is 0 Å². The second kappa shape index (κ2) is 7.13. The maximum absolute atomic E-state index is 12.2. The fourth-order valence-electron chi connectivity index (χ4n) is 2.76. The number of rotatable bonds is 3. The fourth-order valence-corrected chi connectivity index (χ4v) is 3.96. The Hall–Kier alpha value is -1.56. The number of hydrogen-bond acceptors (Lipinski definition) is 3. The second-order valence-electron chi connectivity index (χ2n) is 7.64. The Morgan fingerprint density at radius 2 is 1.71 bits per heavy atom. The Bertz CT molecular complexity index is 661. The van der Waals surface area contributed by atoms with Gasteiger partial charge < -0.3 is 10.2 Å². The molecule has 0 aliphatic carbocycles. The number of urea groups is 1. The third kappa shape index (κ3) is 5.23. The molecule has 1 N–H and O–H groups in total. The van der Waals surface area contributed by atoms with Crippen molar-refractivity contribution in [3.05, 3.63) is 35.4 Å². The molecule has 1 atom stereocenters. The zero-order chi connectivity index (χ0) is 18.0. The van der Waals surface area contributed by atoms with Gasteiger partial charge in [0.15, 0.2) is 9.84 Å². The Balaban J connectivity index is 1.86. The van der Waals surface area contributed by atoms with Crippen LogP contribution in [0.4, 0.5) is 4.79 Å². The quantitative estimate of drug-likeness (QED) is 0.908. The van der Waals surface area contributed by atoms with Crippen LogP contribution in [0, 0.1) is 0 Å². The van der Waals surface area contributed by atoms with Crippen LogP contribution in [0.1, 0.15) is 38.8 Å². The molecule has 2 amide bonds. The van der Waals surface area contributed by atoms with Crippen LogP contribution in [-0.2, 0) is 21.7 Å². The van der Waals surface area contributed by atoms with Crippen molar-refractivity contribution in [1.82, 2.24) is 10.2 Å². The van der Waals surface area contributed by atoms with Gasteiger partial charge in [0.1, 0.15) is 0 Å². The predicted octanol–water partition coefficient (Wildman–Crippen LogP) is 2.36. The molecule has 6 heteroatoms. The number of amides is 2. The van der Waals surface area contributed by atoms with Crippen molar-refractivity contribution < 1.29 is 13.2 Å². The molecule has 1 fully saturated rings. The van der Waals surface area contributed by atoms with Gasteiger partial charge in [-0.3, -0.25) is 0 Å². The molecule has 5 nitrogen and oxygen atoms in total. The molecular formula is C18H28N2O3S. The van der Waals surface area contributed by atoms with E-state index < -0.39 is 9.84 Å². The van der Waals surface area contributed by atoms with Crippen molar-refractivity contribution in [1.29, 1.82) is 0 Å². The monoisotopic (exact) mass is 352 g/mol. The molecule has 0 bridgehead atoms. The van der Waals surface area contributed by atoms with Gasteiger partial charge in [-0.2, -0.15) is 0 Å². The van der Waals surface area contributed by atoms with Gasteiger partial charge in [0.25, 0.3) is 0 Å². The zero-order valence-corrected chi connectivity index (χ0v) is 15.8. The van der Waals surface area contributed by atoms with Crippen molar-refractivity contribution >= 4 is 15.9 Å². The molecule has 1 aliphatic rings. The molecule has 1 heterocycles. The molecule has 0 aromatic heterocycles. The lowest BCUT2D eigenvalue weighted by Crippen LogP contribution is -2.50. The van der Waals surface area contributed by atoms with Crippen molar-refractivity contribution in [2.24, 2.45) is 0 Å². The van der Waals surface area contributed by atoms with E-state index in [9.17, 15) is 13.2 Å². The third-order valence-electron chi connectivity index (χ3n) is 4.36. The molecule has 2 rings (SSSR count). The maximum atomic E-state index is 12.2. The summed E-state index contributed by atoms with van der Waals surface area (Å²) in [6.07, 6.45) is 0.752. The summed E-state index contributed by atoms with van der Waals surface area (Å²) in [4.78, 5) is 13.8. The molecule has 1 aliphatic heterocycles. The van der Waals surface area contributed by atoms with E-state index in [4.69, 9.17) is 0 Å². The fraction of sp³-hybridized carbons (Fsp3) is 0.611. The Labute approximate surface area is 145 Å². The average Bonchev–Trinajstić information content (AvgIpc) is 2.46. The number of benzene rings is 1. The highest BCUT2D eigenvalue weighted by Crippen LogP contribution is 2.22. The minimum Gasteiger partial charge on any atom is -0.335 e. The number of hydrogen-bond donors (Lipinski definition) is 1. The summed E-state index contributed by atoms with van der Waals surface area (Å²) in [6.45, 7) is 9.08. The summed E-state index contributed by atoms with van der Waals surface area (Å²) in [5.74, 6) is 0.117. The van der Waals surface area contributed by atoms with Crippen molar-refractivity contribution in [2.75, 3.05) is 24.6 Å². The largest absolute Gasteiger partial charge is 0.335 e. The van der Waals surface area contributed by atoms with Gasteiger partial charge in [-0.05, 0) is 29.9 Å². The van der Waals surface area contributed by atoms with Gasteiger partial charge in [0, 0.05) is 19.1 Å². The number of carbonyl (C=O) groups excluding carboxylic acids is 1. The first-order chi connectivity index (χ1) is 11.1. The second-order valence-corrected chi connectivity index (χ2v) is 9.94. The van der Waals surface area contributed by atoms with Crippen molar-refractivity contribution in [3.8, 4) is 0 Å². The lowest BCUT2D eigenvalue weighted by molar-refractivity contribution is 0.199.